The van der Waals surface area contributed by atoms with Crippen molar-refractivity contribution in [3.05, 3.63) is 70.1 Å². The fraction of sp³-hybridized carbons (Fsp3) is 0.0833. The highest BCUT2D eigenvalue weighted by Gasteiger charge is 2.25. The van der Waals surface area contributed by atoms with Gasteiger partial charge in [0, 0.05) is 28.8 Å². The minimum Gasteiger partial charge on any atom is -0.507 e. The SMILES string of the molecule is O=C1NC(=O)/C(=C\c2ccc(-c3ccc(O)c(C(=O)NCCSc4cc(C(=O)O)nc(C(=O)O)c4)c3)o2)S1. The first-order chi connectivity index (χ1) is 18.1. The number of benzene rings is 1. The summed E-state index contributed by atoms with van der Waals surface area (Å²) >= 11 is 1.88. The number of nitrogens with zero attached hydrogens (tertiary/aromatic N) is 1. The molecule has 3 amide bonds. The summed E-state index contributed by atoms with van der Waals surface area (Å²) in [7, 11) is 0. The number of thioether (sulfide) groups is 2. The van der Waals surface area contributed by atoms with E-state index in [9.17, 15) is 29.1 Å². The van der Waals surface area contributed by atoms with E-state index in [1.807, 2.05) is 0 Å². The van der Waals surface area contributed by atoms with Crippen LogP contribution in [0, 0.1) is 0 Å². The molecule has 1 fully saturated rings. The van der Waals surface area contributed by atoms with Crippen LogP contribution in [0.25, 0.3) is 17.4 Å². The average Bonchev–Trinajstić information content (AvgIpc) is 3.47. The Morgan fingerprint density at radius 1 is 1.05 bits per heavy atom. The summed E-state index contributed by atoms with van der Waals surface area (Å²) in [5, 5.41) is 32.7. The predicted octanol–water partition coefficient (Wildman–Crippen LogP) is 3.29. The lowest BCUT2D eigenvalue weighted by atomic mass is 10.1. The fourth-order valence-corrected chi connectivity index (χ4v) is 4.74. The number of carbonyl (C=O) groups is 5. The van der Waals surface area contributed by atoms with Crippen molar-refractivity contribution >= 4 is 58.6 Å². The Labute approximate surface area is 222 Å². The van der Waals surface area contributed by atoms with Crippen molar-refractivity contribution in [2.75, 3.05) is 12.3 Å². The highest BCUT2D eigenvalue weighted by atomic mass is 32.2. The van der Waals surface area contributed by atoms with Gasteiger partial charge in [0.2, 0.25) is 0 Å². The minimum absolute atomic E-state index is 0.0228. The van der Waals surface area contributed by atoms with Crippen molar-refractivity contribution in [2.45, 2.75) is 4.90 Å². The smallest absolute Gasteiger partial charge is 0.354 e. The Morgan fingerprint density at radius 3 is 2.39 bits per heavy atom. The Bertz CT molecular complexity index is 1480. The van der Waals surface area contributed by atoms with Crippen LogP contribution in [0.3, 0.4) is 0 Å². The Hall–Kier alpha value is -4.56. The van der Waals surface area contributed by atoms with E-state index in [4.69, 9.17) is 14.6 Å². The summed E-state index contributed by atoms with van der Waals surface area (Å²) in [4.78, 5) is 62.2. The van der Waals surface area contributed by atoms with Gasteiger partial charge in [-0.25, -0.2) is 14.6 Å². The van der Waals surface area contributed by atoms with E-state index in [1.165, 1.54) is 30.3 Å². The monoisotopic (exact) mass is 555 g/mol. The molecule has 194 valence electrons. The largest absolute Gasteiger partial charge is 0.507 e. The summed E-state index contributed by atoms with van der Waals surface area (Å²) < 4.78 is 5.70. The molecule has 0 unspecified atom stereocenters. The summed E-state index contributed by atoms with van der Waals surface area (Å²) in [5.41, 5.74) is -0.362. The number of imide groups is 1. The number of rotatable bonds is 9. The second kappa shape index (κ2) is 11.2. The van der Waals surface area contributed by atoms with Gasteiger partial charge in [0.1, 0.15) is 28.7 Å². The first kappa shape index (κ1) is 26.5. The fourth-order valence-electron chi connectivity index (χ4n) is 3.24. The molecular weight excluding hydrogens is 538 g/mol. The zero-order valence-corrected chi connectivity index (χ0v) is 20.7. The molecule has 0 atom stereocenters. The van der Waals surface area contributed by atoms with Gasteiger partial charge < -0.3 is 25.1 Å². The molecule has 38 heavy (non-hydrogen) atoms. The van der Waals surface area contributed by atoms with Gasteiger partial charge in [-0.15, -0.1) is 11.8 Å². The quantitative estimate of drug-likeness (QED) is 0.147. The van der Waals surface area contributed by atoms with Gasteiger partial charge in [-0.1, -0.05) is 0 Å². The topological polar surface area (TPSA) is 196 Å². The number of hydrogen-bond acceptors (Lipinski definition) is 10. The lowest BCUT2D eigenvalue weighted by Gasteiger charge is -2.09. The van der Waals surface area contributed by atoms with Crippen LogP contribution in [0.5, 0.6) is 5.75 Å². The number of carbonyl (C=O) groups excluding carboxylic acids is 3. The summed E-state index contributed by atoms with van der Waals surface area (Å²) in [5.74, 6) is -3.14. The third-order valence-corrected chi connectivity index (χ3v) is 6.75. The molecule has 2 aromatic heterocycles. The van der Waals surface area contributed by atoms with E-state index >= 15 is 0 Å². The van der Waals surface area contributed by atoms with Gasteiger partial charge >= 0.3 is 11.9 Å². The maximum atomic E-state index is 12.7. The number of aromatic hydroxyl groups is 1. The van der Waals surface area contributed by atoms with Gasteiger partial charge in [0.15, 0.2) is 0 Å². The summed E-state index contributed by atoms with van der Waals surface area (Å²) in [6, 6.07) is 9.97. The van der Waals surface area contributed by atoms with E-state index in [1.54, 1.807) is 18.2 Å². The lowest BCUT2D eigenvalue weighted by molar-refractivity contribution is -0.115. The normalized spacial score (nSPS) is 13.9. The number of carboxylic acid groups (broad SMARTS) is 2. The molecule has 14 heteroatoms. The molecule has 3 aromatic rings. The molecule has 0 saturated carbocycles. The van der Waals surface area contributed by atoms with Crippen molar-refractivity contribution in [3.8, 4) is 17.1 Å². The number of amides is 3. The Balaban J connectivity index is 1.40. The van der Waals surface area contributed by atoms with Crippen LogP contribution >= 0.6 is 23.5 Å². The van der Waals surface area contributed by atoms with Crippen molar-refractivity contribution in [1.82, 2.24) is 15.6 Å². The van der Waals surface area contributed by atoms with Gasteiger partial charge in [0.25, 0.3) is 17.1 Å². The Kier molecular flexibility index (Phi) is 7.83. The first-order valence-corrected chi connectivity index (χ1v) is 12.5. The second-order valence-electron chi connectivity index (χ2n) is 7.57. The molecule has 0 radical (unpaired) electrons. The maximum Gasteiger partial charge on any atom is 0.354 e. The molecule has 1 aliphatic rings. The number of pyridine rings is 1. The van der Waals surface area contributed by atoms with E-state index in [0.717, 1.165) is 23.5 Å². The molecule has 0 aliphatic carbocycles. The van der Waals surface area contributed by atoms with E-state index in [0.29, 0.717) is 22.0 Å². The highest BCUT2D eigenvalue weighted by molar-refractivity contribution is 8.18. The molecule has 5 N–H and O–H groups in total. The third-order valence-electron chi connectivity index (χ3n) is 4.96. The number of hydrogen-bond donors (Lipinski definition) is 5. The summed E-state index contributed by atoms with van der Waals surface area (Å²) in [6.45, 7) is 0.122. The molecule has 12 nitrogen and oxygen atoms in total. The van der Waals surface area contributed by atoms with Crippen LogP contribution < -0.4 is 10.6 Å². The number of nitrogens with one attached hydrogen (secondary N) is 2. The van der Waals surface area contributed by atoms with Crippen LogP contribution in [-0.4, -0.2) is 61.6 Å². The zero-order valence-electron chi connectivity index (χ0n) is 19.1. The number of phenolic OH excluding ortho intramolecular Hbond substituents is 1. The standard InChI is InChI=1S/C24H17N3O9S2/c28-17-3-1-11(18-4-2-12(36-18)8-19-21(30)27-24(35)38-19)7-14(17)20(29)25-5-6-37-13-9-15(22(31)32)26-16(10-13)23(33)34/h1-4,7-10,28H,5-6H2,(H,25,29)(H,31,32)(H,33,34)(H,27,30,35)/b19-8+. The minimum atomic E-state index is -1.36. The molecule has 1 aliphatic heterocycles. The highest BCUT2D eigenvalue weighted by Crippen LogP contribution is 2.30. The van der Waals surface area contributed by atoms with Crippen molar-refractivity contribution in [1.29, 1.82) is 0 Å². The average molecular weight is 556 g/mol. The predicted molar refractivity (Wildman–Crippen MR) is 136 cm³/mol. The van der Waals surface area contributed by atoms with Gasteiger partial charge in [-0.3, -0.25) is 19.7 Å². The second-order valence-corrected chi connectivity index (χ2v) is 9.76. The van der Waals surface area contributed by atoms with Crippen LogP contribution in [0.1, 0.15) is 37.1 Å². The molecule has 3 heterocycles. The van der Waals surface area contributed by atoms with Crippen molar-refractivity contribution < 1.29 is 43.7 Å². The van der Waals surface area contributed by atoms with E-state index in [-0.39, 0.29) is 28.5 Å². The Morgan fingerprint density at radius 2 is 1.76 bits per heavy atom. The number of furan rings is 1. The van der Waals surface area contributed by atoms with Crippen molar-refractivity contribution in [2.24, 2.45) is 0 Å². The zero-order chi connectivity index (χ0) is 27.4. The van der Waals surface area contributed by atoms with Gasteiger partial charge in [0.05, 0.1) is 10.5 Å². The van der Waals surface area contributed by atoms with Crippen LogP contribution in [0.2, 0.25) is 0 Å². The number of aromatic carboxylic acids is 2. The van der Waals surface area contributed by atoms with Gasteiger partial charge in [-0.05, 0) is 54.2 Å². The number of phenols is 1. The maximum absolute atomic E-state index is 12.7. The first-order valence-electron chi connectivity index (χ1n) is 10.7. The lowest BCUT2D eigenvalue weighted by Crippen LogP contribution is -2.25. The molecule has 1 aromatic carbocycles. The molecule has 4 rings (SSSR count). The third kappa shape index (κ3) is 6.22. The molecule has 1 saturated heterocycles. The molecular formula is C24H17N3O9S2. The number of aromatic nitrogens is 1. The van der Waals surface area contributed by atoms with Crippen molar-refractivity contribution in [3.63, 3.8) is 0 Å². The van der Waals surface area contributed by atoms with Crippen LogP contribution in [-0.2, 0) is 4.79 Å². The molecule has 0 bridgehead atoms. The number of carboxylic acids is 2. The molecule has 0 spiro atoms. The van der Waals surface area contributed by atoms with Crippen LogP contribution in [0.15, 0.2) is 56.7 Å². The van der Waals surface area contributed by atoms with Crippen LogP contribution in [0.4, 0.5) is 4.79 Å². The summed E-state index contributed by atoms with van der Waals surface area (Å²) in [6.07, 6.45) is 1.42. The van der Waals surface area contributed by atoms with Gasteiger partial charge in [-0.2, -0.15) is 0 Å². The van der Waals surface area contributed by atoms with E-state index < -0.39 is 40.4 Å². The van der Waals surface area contributed by atoms with E-state index in [2.05, 4.69) is 15.6 Å².